The molecule has 6 nitrogen and oxygen atoms in total. The first-order valence-electron chi connectivity index (χ1n) is 10.3. The normalized spacial score (nSPS) is 17.5. The van der Waals surface area contributed by atoms with Gasteiger partial charge in [-0.15, -0.1) is 0 Å². The summed E-state index contributed by atoms with van der Waals surface area (Å²) in [5.41, 5.74) is 3.69. The topological polar surface area (TPSA) is 55.9 Å². The Balaban J connectivity index is 1.28. The van der Waals surface area contributed by atoms with Crippen molar-refractivity contribution in [1.82, 2.24) is 15.1 Å². The molecule has 2 aromatic rings. The molecular formula is C23H28N4O2. The molecule has 1 N–H and O–H groups in total. The van der Waals surface area contributed by atoms with E-state index in [4.69, 9.17) is 0 Å². The van der Waals surface area contributed by atoms with E-state index < -0.39 is 6.04 Å². The molecule has 0 spiro atoms. The average molecular weight is 393 g/mol. The molecule has 0 radical (unpaired) electrons. The summed E-state index contributed by atoms with van der Waals surface area (Å²) in [5.74, 6) is -0.0178. The van der Waals surface area contributed by atoms with E-state index in [1.165, 1.54) is 16.8 Å². The lowest BCUT2D eigenvalue weighted by atomic mass is 9.99. The molecule has 1 atom stereocenters. The van der Waals surface area contributed by atoms with Gasteiger partial charge < -0.3 is 20.0 Å². The van der Waals surface area contributed by atoms with Crippen LogP contribution in [0.5, 0.6) is 0 Å². The van der Waals surface area contributed by atoms with E-state index >= 15 is 0 Å². The van der Waals surface area contributed by atoms with Crippen LogP contribution in [0.4, 0.5) is 10.5 Å². The van der Waals surface area contributed by atoms with Gasteiger partial charge in [-0.2, -0.15) is 0 Å². The number of hydrogen-bond acceptors (Lipinski definition) is 3. The van der Waals surface area contributed by atoms with Gasteiger partial charge in [-0.1, -0.05) is 42.5 Å². The van der Waals surface area contributed by atoms with E-state index in [9.17, 15) is 9.59 Å². The number of nitrogens with zero attached hydrogens (tertiary/aromatic N) is 3. The first-order chi connectivity index (χ1) is 14.1. The Labute approximate surface area is 172 Å². The van der Waals surface area contributed by atoms with Crippen LogP contribution in [0, 0.1) is 0 Å². The summed E-state index contributed by atoms with van der Waals surface area (Å²) in [5, 5.41) is 2.90. The highest BCUT2D eigenvalue weighted by Gasteiger charge is 2.28. The number of piperazine rings is 1. The summed E-state index contributed by atoms with van der Waals surface area (Å²) in [6.07, 6.45) is 0.865. The van der Waals surface area contributed by atoms with Gasteiger partial charge in [0.1, 0.15) is 6.04 Å². The zero-order chi connectivity index (χ0) is 20.2. The van der Waals surface area contributed by atoms with Gasteiger partial charge in [-0.25, -0.2) is 4.79 Å². The van der Waals surface area contributed by atoms with Gasteiger partial charge >= 0.3 is 6.03 Å². The summed E-state index contributed by atoms with van der Waals surface area (Å²) in [6.45, 7) is 5.99. The summed E-state index contributed by atoms with van der Waals surface area (Å²) < 4.78 is 0. The fourth-order valence-electron chi connectivity index (χ4n) is 4.10. The third-order valence-corrected chi connectivity index (χ3v) is 5.84. The molecular weight excluding hydrogens is 364 g/mol. The number of amides is 3. The molecule has 2 aliphatic rings. The monoisotopic (exact) mass is 392 g/mol. The van der Waals surface area contributed by atoms with Crippen LogP contribution in [0.25, 0.3) is 0 Å². The van der Waals surface area contributed by atoms with E-state index in [1.54, 1.807) is 11.8 Å². The number of benzene rings is 2. The standard InChI is InChI=1S/C23H28N4O2/c1-18(22(28)27-12-11-19-7-5-6-8-20(19)17-27)24-23(29)26-15-13-25(14-16-26)21-9-3-2-4-10-21/h2-10,18H,11-17H2,1H3,(H,24,29)/t18-/m0/s1. The van der Waals surface area contributed by atoms with E-state index in [2.05, 4.69) is 34.5 Å². The van der Waals surface area contributed by atoms with Crippen LogP contribution in [-0.2, 0) is 17.8 Å². The molecule has 0 unspecified atom stereocenters. The molecule has 0 saturated carbocycles. The number of anilines is 1. The second-order valence-corrected chi connectivity index (χ2v) is 7.76. The molecule has 2 aromatic carbocycles. The molecule has 0 aliphatic carbocycles. The maximum Gasteiger partial charge on any atom is 0.318 e. The average Bonchev–Trinajstić information content (AvgIpc) is 2.79. The van der Waals surface area contributed by atoms with Gasteiger partial charge in [0.05, 0.1) is 0 Å². The maximum absolute atomic E-state index is 12.8. The van der Waals surface area contributed by atoms with E-state index in [1.807, 2.05) is 35.2 Å². The van der Waals surface area contributed by atoms with Crippen molar-refractivity contribution in [3.63, 3.8) is 0 Å². The first-order valence-corrected chi connectivity index (χ1v) is 10.3. The second kappa shape index (κ2) is 8.55. The number of fused-ring (bicyclic) bond motifs is 1. The van der Waals surface area contributed by atoms with Crippen LogP contribution >= 0.6 is 0 Å². The highest BCUT2D eigenvalue weighted by molar-refractivity contribution is 5.87. The minimum Gasteiger partial charge on any atom is -0.368 e. The van der Waals surface area contributed by atoms with E-state index in [-0.39, 0.29) is 11.9 Å². The van der Waals surface area contributed by atoms with Crippen molar-refractivity contribution >= 4 is 17.6 Å². The molecule has 2 heterocycles. The van der Waals surface area contributed by atoms with Crippen LogP contribution in [0.3, 0.4) is 0 Å². The minimum absolute atomic E-state index is 0.0178. The number of rotatable bonds is 3. The maximum atomic E-state index is 12.8. The number of urea groups is 1. The SMILES string of the molecule is C[C@H](NC(=O)N1CCN(c2ccccc2)CC1)C(=O)N1CCc2ccccc2C1. The lowest BCUT2D eigenvalue weighted by Crippen LogP contribution is -2.56. The van der Waals surface area contributed by atoms with E-state index in [0.29, 0.717) is 26.2 Å². The van der Waals surface area contributed by atoms with Crippen LogP contribution in [-0.4, -0.2) is 60.5 Å². The predicted octanol–water partition coefficient (Wildman–Crippen LogP) is 2.49. The Morgan fingerprint density at radius 1 is 0.828 bits per heavy atom. The zero-order valence-electron chi connectivity index (χ0n) is 16.9. The first kappa shape index (κ1) is 19.3. The number of carbonyl (C=O) groups is 2. The highest BCUT2D eigenvalue weighted by atomic mass is 16.2. The van der Waals surface area contributed by atoms with Crippen molar-refractivity contribution in [2.75, 3.05) is 37.6 Å². The summed E-state index contributed by atoms with van der Waals surface area (Å²) in [6, 6.07) is 17.8. The fraction of sp³-hybridized carbons (Fsp3) is 0.391. The smallest absolute Gasteiger partial charge is 0.318 e. The molecule has 2 aliphatic heterocycles. The number of para-hydroxylation sites is 1. The Morgan fingerprint density at radius 2 is 1.48 bits per heavy atom. The molecule has 0 aromatic heterocycles. The van der Waals surface area contributed by atoms with Crippen molar-refractivity contribution in [1.29, 1.82) is 0 Å². The van der Waals surface area contributed by atoms with Crippen molar-refractivity contribution in [3.8, 4) is 0 Å². The number of carbonyl (C=O) groups excluding carboxylic acids is 2. The van der Waals surface area contributed by atoms with Gasteiger partial charge in [0, 0.05) is 45.0 Å². The van der Waals surface area contributed by atoms with Gasteiger partial charge in [0.2, 0.25) is 5.91 Å². The zero-order valence-corrected chi connectivity index (χ0v) is 16.9. The van der Waals surface area contributed by atoms with Crippen LogP contribution < -0.4 is 10.2 Å². The molecule has 4 rings (SSSR count). The predicted molar refractivity (Wildman–Crippen MR) is 114 cm³/mol. The molecule has 1 fully saturated rings. The molecule has 0 bridgehead atoms. The Hall–Kier alpha value is -3.02. The van der Waals surface area contributed by atoms with Gasteiger partial charge in [0.15, 0.2) is 0 Å². The van der Waals surface area contributed by atoms with Crippen molar-refractivity contribution in [2.45, 2.75) is 25.9 Å². The summed E-state index contributed by atoms with van der Waals surface area (Å²) in [4.78, 5) is 31.4. The van der Waals surface area contributed by atoms with Crippen molar-refractivity contribution < 1.29 is 9.59 Å². The third-order valence-electron chi connectivity index (χ3n) is 5.84. The van der Waals surface area contributed by atoms with Crippen molar-refractivity contribution in [2.24, 2.45) is 0 Å². The lowest BCUT2D eigenvalue weighted by molar-refractivity contribution is -0.133. The summed E-state index contributed by atoms with van der Waals surface area (Å²) >= 11 is 0. The quantitative estimate of drug-likeness (QED) is 0.873. The Morgan fingerprint density at radius 3 is 2.21 bits per heavy atom. The third kappa shape index (κ3) is 4.36. The Bertz CT molecular complexity index is 862. The molecule has 1 saturated heterocycles. The summed E-state index contributed by atoms with van der Waals surface area (Å²) in [7, 11) is 0. The van der Waals surface area contributed by atoms with Gasteiger partial charge in [0.25, 0.3) is 0 Å². The molecule has 3 amide bonds. The fourth-order valence-corrected chi connectivity index (χ4v) is 4.10. The number of nitrogens with one attached hydrogen (secondary N) is 1. The Kier molecular flexibility index (Phi) is 5.69. The van der Waals surface area contributed by atoms with Crippen LogP contribution in [0.1, 0.15) is 18.1 Å². The van der Waals surface area contributed by atoms with Crippen LogP contribution in [0.2, 0.25) is 0 Å². The molecule has 29 heavy (non-hydrogen) atoms. The lowest BCUT2D eigenvalue weighted by Gasteiger charge is -2.37. The van der Waals surface area contributed by atoms with Crippen LogP contribution in [0.15, 0.2) is 54.6 Å². The number of hydrogen-bond donors (Lipinski definition) is 1. The largest absolute Gasteiger partial charge is 0.368 e. The minimum atomic E-state index is -0.528. The second-order valence-electron chi connectivity index (χ2n) is 7.76. The van der Waals surface area contributed by atoms with Gasteiger partial charge in [-0.05, 0) is 36.6 Å². The molecule has 6 heteroatoms. The highest BCUT2D eigenvalue weighted by Crippen LogP contribution is 2.19. The molecule has 152 valence electrons. The van der Waals surface area contributed by atoms with Crippen molar-refractivity contribution in [3.05, 3.63) is 65.7 Å². The van der Waals surface area contributed by atoms with E-state index in [0.717, 1.165) is 19.5 Å². The van der Waals surface area contributed by atoms with Gasteiger partial charge in [-0.3, -0.25) is 4.79 Å².